The maximum atomic E-state index is 2.45. The lowest BCUT2D eigenvalue weighted by atomic mass is 9.92. The molecule has 0 saturated heterocycles. The highest BCUT2D eigenvalue weighted by Crippen LogP contribution is 2.41. The molecule has 0 unspecified atom stereocenters. The number of hydrogen-bond donors (Lipinski definition) is 0. The Balaban J connectivity index is 0.791. The Morgan fingerprint density at radius 1 is 0.176 bits per heavy atom. The van der Waals surface area contributed by atoms with E-state index in [0.29, 0.717) is 0 Å². The van der Waals surface area contributed by atoms with Crippen molar-refractivity contribution in [2.75, 3.05) is 0 Å². The van der Waals surface area contributed by atoms with Crippen LogP contribution in [0.1, 0.15) is 0 Å². The van der Waals surface area contributed by atoms with Gasteiger partial charge in [-0.25, -0.2) is 0 Å². The summed E-state index contributed by atoms with van der Waals surface area (Å²) in [5.74, 6) is 0. The highest BCUT2D eigenvalue weighted by atomic mass is 15.0. The third kappa shape index (κ3) is 7.52. The van der Waals surface area contributed by atoms with E-state index in [2.05, 4.69) is 300 Å². The van der Waals surface area contributed by atoms with Gasteiger partial charge in [-0.15, -0.1) is 0 Å². The van der Waals surface area contributed by atoms with Crippen molar-refractivity contribution in [3.8, 4) is 89.3 Å². The maximum absolute atomic E-state index is 2.45. The van der Waals surface area contributed by atoms with E-state index in [-0.39, 0.29) is 0 Å². The molecule has 0 amide bonds. The van der Waals surface area contributed by atoms with Crippen LogP contribution in [-0.2, 0) is 0 Å². The summed E-state index contributed by atoms with van der Waals surface area (Å²) in [6, 6.07) is 106. The highest BCUT2D eigenvalue weighted by molar-refractivity contribution is 6.13. The van der Waals surface area contributed by atoms with Gasteiger partial charge in [-0.1, -0.05) is 224 Å². The van der Waals surface area contributed by atoms with Gasteiger partial charge in [0, 0.05) is 32.8 Å². The zero-order chi connectivity index (χ0) is 49.0. The summed E-state index contributed by atoms with van der Waals surface area (Å²) in [4.78, 5) is 0. The molecule has 2 nitrogen and oxygen atoms in total. The fourth-order valence-electron chi connectivity index (χ4n) is 11.4. The normalized spacial score (nSPS) is 11.5. The van der Waals surface area contributed by atoms with E-state index in [1.807, 2.05) is 0 Å². The summed E-state index contributed by atoms with van der Waals surface area (Å²) in [5, 5.41) is 4.95. The Labute approximate surface area is 431 Å². The van der Waals surface area contributed by atoms with E-state index in [0.717, 1.165) is 11.4 Å². The molecule has 2 heterocycles. The van der Waals surface area contributed by atoms with Gasteiger partial charge in [0.25, 0.3) is 0 Å². The number of aromatic nitrogens is 2. The Morgan fingerprint density at radius 3 is 1.16 bits per heavy atom. The molecular formula is C72H48N2. The zero-order valence-electron chi connectivity index (χ0n) is 40.6. The summed E-state index contributed by atoms with van der Waals surface area (Å²) in [7, 11) is 0. The third-order valence-electron chi connectivity index (χ3n) is 15.0. The average Bonchev–Trinajstić information content (AvgIpc) is 4.02. The summed E-state index contributed by atoms with van der Waals surface area (Å²) in [6.07, 6.45) is 0. The first-order chi connectivity index (χ1) is 36.7. The lowest BCUT2D eigenvalue weighted by Crippen LogP contribution is -1.97. The first kappa shape index (κ1) is 43.1. The molecule has 74 heavy (non-hydrogen) atoms. The van der Waals surface area contributed by atoms with Crippen LogP contribution in [0.25, 0.3) is 133 Å². The third-order valence-corrected chi connectivity index (χ3v) is 15.0. The van der Waals surface area contributed by atoms with Gasteiger partial charge in [-0.05, 0) is 139 Å². The zero-order valence-corrected chi connectivity index (χ0v) is 40.6. The molecule has 2 heteroatoms. The molecule has 14 rings (SSSR count). The number of rotatable bonds is 9. The monoisotopic (exact) mass is 940 g/mol. The fourth-order valence-corrected chi connectivity index (χ4v) is 11.4. The molecule has 0 aliphatic rings. The Kier molecular flexibility index (Phi) is 10.6. The highest BCUT2D eigenvalue weighted by Gasteiger charge is 2.19. The van der Waals surface area contributed by atoms with Crippen molar-refractivity contribution in [3.63, 3.8) is 0 Å². The summed E-state index contributed by atoms with van der Waals surface area (Å²) in [6.45, 7) is 0. The van der Waals surface area contributed by atoms with Gasteiger partial charge in [0.05, 0.1) is 27.8 Å². The first-order valence-electron chi connectivity index (χ1n) is 25.5. The van der Waals surface area contributed by atoms with Gasteiger partial charge in [0.15, 0.2) is 0 Å². The number of para-hydroxylation sites is 3. The molecule has 12 aromatic carbocycles. The SMILES string of the molecule is c1ccc(-c2ccc(-n3c4ccccc4c4cc(-c5ccc6c(c5)c5ccccc5n6-c5ccccc5-c5ccc(-c6cccc(-c7cccc(-c8ccccc8-c8ccccc8)c7)c6)cc5)ccc43)cc2)cc1. The van der Waals surface area contributed by atoms with Crippen molar-refractivity contribution in [3.05, 3.63) is 291 Å². The van der Waals surface area contributed by atoms with E-state index >= 15 is 0 Å². The molecule has 0 aliphatic heterocycles. The molecule has 0 bridgehead atoms. The van der Waals surface area contributed by atoms with Crippen molar-refractivity contribution < 1.29 is 0 Å². The number of hydrogen-bond acceptors (Lipinski definition) is 0. The van der Waals surface area contributed by atoms with Crippen molar-refractivity contribution in [1.82, 2.24) is 9.13 Å². The Bertz CT molecular complexity index is 4390. The number of fused-ring (bicyclic) bond motifs is 6. The molecule has 2 aromatic heterocycles. The molecule has 346 valence electrons. The van der Waals surface area contributed by atoms with Crippen LogP contribution in [0, 0.1) is 0 Å². The lowest BCUT2D eigenvalue weighted by molar-refractivity contribution is 1.18. The van der Waals surface area contributed by atoms with Gasteiger partial charge >= 0.3 is 0 Å². The molecule has 0 fully saturated rings. The van der Waals surface area contributed by atoms with Crippen molar-refractivity contribution >= 4 is 43.6 Å². The molecular weight excluding hydrogens is 893 g/mol. The van der Waals surface area contributed by atoms with Crippen LogP contribution in [0.3, 0.4) is 0 Å². The van der Waals surface area contributed by atoms with Crippen molar-refractivity contribution in [2.45, 2.75) is 0 Å². The minimum absolute atomic E-state index is 1.15. The largest absolute Gasteiger partial charge is 0.309 e. The van der Waals surface area contributed by atoms with Crippen LogP contribution in [0.2, 0.25) is 0 Å². The Morgan fingerprint density at radius 2 is 0.527 bits per heavy atom. The van der Waals surface area contributed by atoms with Crippen molar-refractivity contribution in [2.24, 2.45) is 0 Å². The Hall–Kier alpha value is -9.76. The van der Waals surface area contributed by atoms with Crippen LogP contribution in [-0.4, -0.2) is 9.13 Å². The van der Waals surface area contributed by atoms with Gasteiger partial charge in [-0.3, -0.25) is 0 Å². The van der Waals surface area contributed by atoms with Crippen LogP contribution in [0.5, 0.6) is 0 Å². The molecule has 0 atom stereocenters. The predicted octanol–water partition coefficient (Wildman–Crippen LogP) is 19.5. The van der Waals surface area contributed by atoms with Crippen LogP contribution in [0.4, 0.5) is 0 Å². The predicted molar refractivity (Wildman–Crippen MR) is 313 cm³/mol. The standard InChI is InChI=1S/C72H48N2/c1-3-17-49(18-4-1)50-37-41-60(42-38-50)73-69-31-13-10-28-64(69)66-47-57(39-43-71(66)73)58-40-44-72-67(48-58)65-29-11-14-32-70(65)74(72)68-30-12-9-27-63(68)53-35-33-51(34-36-53)54-21-15-22-55(45-54)56-23-16-24-59(46-56)62-26-8-7-25-61(62)52-19-5-2-6-20-52/h1-48H. The van der Waals surface area contributed by atoms with E-state index in [4.69, 9.17) is 0 Å². The smallest absolute Gasteiger partial charge is 0.0541 e. The van der Waals surface area contributed by atoms with Gasteiger partial charge in [0.2, 0.25) is 0 Å². The van der Waals surface area contributed by atoms with Crippen LogP contribution < -0.4 is 0 Å². The quantitative estimate of drug-likeness (QED) is 0.136. The van der Waals surface area contributed by atoms with Gasteiger partial charge in [-0.2, -0.15) is 0 Å². The molecule has 0 N–H and O–H groups in total. The fraction of sp³-hybridized carbons (Fsp3) is 0. The maximum Gasteiger partial charge on any atom is 0.0541 e. The van der Waals surface area contributed by atoms with E-state index in [9.17, 15) is 0 Å². The first-order valence-corrected chi connectivity index (χ1v) is 25.5. The molecule has 0 radical (unpaired) electrons. The minimum atomic E-state index is 1.15. The van der Waals surface area contributed by atoms with Crippen LogP contribution in [0.15, 0.2) is 291 Å². The van der Waals surface area contributed by atoms with E-state index < -0.39 is 0 Å². The molecule has 14 aromatic rings. The lowest BCUT2D eigenvalue weighted by Gasteiger charge is -2.15. The second-order valence-electron chi connectivity index (χ2n) is 19.2. The summed E-state index contributed by atoms with van der Waals surface area (Å²) >= 11 is 0. The topological polar surface area (TPSA) is 9.86 Å². The number of nitrogens with zero attached hydrogens (tertiary/aromatic N) is 2. The average molecular weight is 941 g/mol. The van der Waals surface area contributed by atoms with Crippen molar-refractivity contribution in [1.29, 1.82) is 0 Å². The van der Waals surface area contributed by atoms with E-state index in [1.54, 1.807) is 0 Å². The minimum Gasteiger partial charge on any atom is -0.309 e. The second kappa shape index (κ2) is 18.1. The molecule has 0 aliphatic carbocycles. The summed E-state index contributed by atoms with van der Waals surface area (Å²) < 4.78 is 4.85. The summed E-state index contributed by atoms with van der Waals surface area (Å²) in [5.41, 5.74) is 23.9. The molecule has 0 saturated carbocycles. The number of benzene rings is 12. The second-order valence-corrected chi connectivity index (χ2v) is 19.2. The van der Waals surface area contributed by atoms with Crippen LogP contribution >= 0.6 is 0 Å². The van der Waals surface area contributed by atoms with E-state index in [1.165, 1.54) is 122 Å². The molecule has 0 spiro atoms. The van der Waals surface area contributed by atoms with Gasteiger partial charge < -0.3 is 9.13 Å². The van der Waals surface area contributed by atoms with Gasteiger partial charge in [0.1, 0.15) is 0 Å².